The summed E-state index contributed by atoms with van der Waals surface area (Å²) in [6, 6.07) is 2.05. The molecular formula is C21H25NO5. The maximum absolute atomic E-state index is 12.1. The van der Waals surface area contributed by atoms with Crippen molar-refractivity contribution in [1.82, 2.24) is 5.32 Å². The van der Waals surface area contributed by atoms with Gasteiger partial charge in [0.1, 0.15) is 17.1 Å². The van der Waals surface area contributed by atoms with Crippen molar-refractivity contribution in [2.45, 2.75) is 46.0 Å². The number of carbonyl (C=O) groups is 2. The zero-order valence-electron chi connectivity index (χ0n) is 16.0. The summed E-state index contributed by atoms with van der Waals surface area (Å²) < 4.78 is 11.7. The molecular weight excluding hydrogens is 346 g/mol. The third-order valence-corrected chi connectivity index (χ3v) is 5.04. The molecule has 0 saturated carbocycles. The molecule has 0 bridgehead atoms. The number of carbonyl (C=O) groups excluding carboxylic acids is 1. The summed E-state index contributed by atoms with van der Waals surface area (Å²) in [7, 11) is 1.61. The van der Waals surface area contributed by atoms with Crippen LogP contribution in [0.25, 0.3) is 16.5 Å². The van der Waals surface area contributed by atoms with E-state index in [0.717, 1.165) is 59.1 Å². The van der Waals surface area contributed by atoms with Gasteiger partial charge in [0.15, 0.2) is 0 Å². The predicted molar refractivity (Wildman–Crippen MR) is 103 cm³/mol. The van der Waals surface area contributed by atoms with E-state index in [1.807, 2.05) is 19.9 Å². The number of fused-ring (bicyclic) bond motifs is 3. The van der Waals surface area contributed by atoms with Crippen LogP contribution in [0.2, 0.25) is 0 Å². The van der Waals surface area contributed by atoms with Crippen molar-refractivity contribution in [3.05, 3.63) is 34.6 Å². The minimum atomic E-state index is -0.941. The van der Waals surface area contributed by atoms with Gasteiger partial charge in [-0.1, -0.05) is 0 Å². The van der Waals surface area contributed by atoms with Crippen molar-refractivity contribution in [2.24, 2.45) is 0 Å². The highest BCUT2D eigenvalue weighted by Crippen LogP contribution is 2.40. The third-order valence-electron chi connectivity index (χ3n) is 5.04. The normalized spacial score (nSPS) is 14.1. The lowest BCUT2D eigenvalue weighted by atomic mass is 9.93. The molecule has 1 amide bonds. The molecule has 0 unspecified atom stereocenters. The molecule has 0 aliphatic heterocycles. The first kappa shape index (κ1) is 19.0. The van der Waals surface area contributed by atoms with Gasteiger partial charge in [0.05, 0.1) is 13.5 Å². The average Bonchev–Trinajstić information content (AvgIpc) is 3.00. The fourth-order valence-corrected chi connectivity index (χ4v) is 3.71. The number of allylic oxidation sites excluding steroid dienone is 1. The van der Waals surface area contributed by atoms with Gasteiger partial charge in [-0.3, -0.25) is 9.59 Å². The van der Waals surface area contributed by atoms with E-state index < -0.39 is 5.97 Å². The van der Waals surface area contributed by atoms with Gasteiger partial charge in [0, 0.05) is 41.1 Å². The van der Waals surface area contributed by atoms with Crippen molar-refractivity contribution < 1.29 is 23.8 Å². The number of amides is 1. The van der Waals surface area contributed by atoms with E-state index in [2.05, 4.69) is 5.32 Å². The van der Waals surface area contributed by atoms with Crippen LogP contribution in [0.15, 0.2) is 16.6 Å². The van der Waals surface area contributed by atoms with E-state index >= 15 is 0 Å². The first-order valence-electron chi connectivity index (χ1n) is 9.22. The predicted octanol–water partition coefficient (Wildman–Crippen LogP) is 3.62. The average molecular weight is 371 g/mol. The van der Waals surface area contributed by atoms with E-state index in [4.69, 9.17) is 14.3 Å². The molecule has 1 aliphatic carbocycles. The van der Waals surface area contributed by atoms with Crippen molar-refractivity contribution in [1.29, 1.82) is 0 Å². The van der Waals surface area contributed by atoms with Gasteiger partial charge in [0.25, 0.3) is 0 Å². The van der Waals surface area contributed by atoms with Gasteiger partial charge in [0.2, 0.25) is 5.91 Å². The number of nitrogens with one attached hydrogen (secondary N) is 1. The zero-order valence-corrected chi connectivity index (χ0v) is 16.0. The topological polar surface area (TPSA) is 88.8 Å². The highest BCUT2D eigenvalue weighted by Gasteiger charge is 2.23. The number of rotatable bonds is 6. The monoisotopic (exact) mass is 371 g/mol. The smallest absolute Gasteiger partial charge is 0.305 e. The Hall–Kier alpha value is -2.76. The van der Waals surface area contributed by atoms with Crippen LogP contribution < -0.4 is 10.1 Å². The lowest BCUT2D eigenvalue weighted by Crippen LogP contribution is -2.24. The van der Waals surface area contributed by atoms with Crippen molar-refractivity contribution >= 4 is 28.4 Å². The van der Waals surface area contributed by atoms with Crippen LogP contribution in [0.3, 0.4) is 0 Å². The summed E-state index contributed by atoms with van der Waals surface area (Å²) in [5, 5.41) is 12.4. The number of aryl methyl sites for hydroxylation is 3. The van der Waals surface area contributed by atoms with Gasteiger partial charge in [-0.25, -0.2) is 0 Å². The van der Waals surface area contributed by atoms with Crippen LogP contribution in [0, 0.1) is 6.92 Å². The van der Waals surface area contributed by atoms with E-state index in [0.29, 0.717) is 5.75 Å². The maximum atomic E-state index is 12.1. The van der Waals surface area contributed by atoms with Crippen LogP contribution in [0.1, 0.15) is 48.6 Å². The Balaban J connectivity index is 1.98. The number of carboxylic acids is 1. The standard InChI is InChI=1S/C21H25NO5/c1-12(10-18(23)22-9-8-19(24)25)15-11-16-14-6-4-5-7-17(14)27-21(16)13(2)20(15)26-3/h10-11H,4-9H2,1-3H3,(H,22,23)(H,24,25)/b12-10+. The Labute approximate surface area is 158 Å². The molecule has 1 aromatic heterocycles. The van der Waals surface area contributed by atoms with E-state index in [1.54, 1.807) is 7.11 Å². The highest BCUT2D eigenvalue weighted by molar-refractivity contribution is 5.98. The number of methoxy groups -OCH3 is 1. The van der Waals surface area contributed by atoms with E-state index in [1.165, 1.54) is 11.6 Å². The molecule has 0 fully saturated rings. The number of hydrogen-bond acceptors (Lipinski definition) is 4. The molecule has 0 radical (unpaired) electrons. The molecule has 2 aromatic rings. The largest absolute Gasteiger partial charge is 0.496 e. The van der Waals surface area contributed by atoms with Crippen molar-refractivity contribution in [3.8, 4) is 5.75 Å². The van der Waals surface area contributed by atoms with Crippen LogP contribution in [-0.4, -0.2) is 30.6 Å². The second-order valence-electron chi connectivity index (χ2n) is 6.93. The lowest BCUT2D eigenvalue weighted by Gasteiger charge is -2.13. The minimum absolute atomic E-state index is 0.0996. The number of furan rings is 1. The molecule has 6 nitrogen and oxygen atoms in total. The van der Waals surface area contributed by atoms with E-state index in [9.17, 15) is 9.59 Å². The second-order valence-corrected chi connectivity index (χ2v) is 6.93. The van der Waals surface area contributed by atoms with Crippen LogP contribution in [-0.2, 0) is 22.4 Å². The summed E-state index contributed by atoms with van der Waals surface area (Å²) in [6.07, 6.45) is 5.65. The lowest BCUT2D eigenvalue weighted by molar-refractivity contribution is -0.136. The molecule has 6 heteroatoms. The molecule has 0 atom stereocenters. The number of aliphatic carboxylic acids is 1. The zero-order chi connectivity index (χ0) is 19.6. The third kappa shape index (κ3) is 3.84. The summed E-state index contributed by atoms with van der Waals surface area (Å²) in [5.41, 5.74) is 4.67. The van der Waals surface area contributed by atoms with E-state index in [-0.39, 0.29) is 18.9 Å². The molecule has 1 heterocycles. The molecule has 2 N–H and O–H groups in total. The molecule has 1 aliphatic rings. The highest BCUT2D eigenvalue weighted by atomic mass is 16.5. The number of carboxylic acid groups (broad SMARTS) is 1. The summed E-state index contributed by atoms with van der Waals surface area (Å²) in [5.74, 6) is 0.499. The second kappa shape index (κ2) is 7.86. The Morgan fingerprint density at radius 1 is 1.33 bits per heavy atom. The Bertz CT molecular complexity index is 923. The molecule has 0 saturated heterocycles. The fourth-order valence-electron chi connectivity index (χ4n) is 3.71. The first-order chi connectivity index (χ1) is 12.9. The maximum Gasteiger partial charge on any atom is 0.305 e. The molecule has 144 valence electrons. The van der Waals surface area contributed by atoms with Gasteiger partial charge >= 0.3 is 5.97 Å². The van der Waals surface area contributed by atoms with Crippen LogP contribution >= 0.6 is 0 Å². The van der Waals surface area contributed by atoms with Crippen molar-refractivity contribution in [2.75, 3.05) is 13.7 Å². The summed E-state index contributed by atoms with van der Waals surface area (Å²) in [6.45, 7) is 3.93. The Morgan fingerprint density at radius 3 is 2.78 bits per heavy atom. The summed E-state index contributed by atoms with van der Waals surface area (Å²) >= 11 is 0. The van der Waals surface area contributed by atoms with Gasteiger partial charge < -0.3 is 19.6 Å². The number of hydrogen-bond donors (Lipinski definition) is 2. The molecule has 27 heavy (non-hydrogen) atoms. The Morgan fingerprint density at radius 2 is 2.07 bits per heavy atom. The molecule has 0 spiro atoms. The van der Waals surface area contributed by atoms with Gasteiger partial charge in [-0.15, -0.1) is 0 Å². The fraction of sp³-hybridized carbons (Fsp3) is 0.429. The van der Waals surface area contributed by atoms with Crippen LogP contribution in [0.5, 0.6) is 5.75 Å². The SMILES string of the molecule is COc1c(/C(C)=C/C(=O)NCCC(=O)O)cc2c3c(oc2c1C)CCCC3. The number of benzene rings is 1. The van der Waals surface area contributed by atoms with Crippen molar-refractivity contribution in [3.63, 3.8) is 0 Å². The Kier molecular flexibility index (Phi) is 5.54. The van der Waals surface area contributed by atoms with Gasteiger partial charge in [-0.2, -0.15) is 0 Å². The number of ether oxygens (including phenoxy) is 1. The first-order valence-corrected chi connectivity index (χ1v) is 9.22. The molecule has 1 aromatic carbocycles. The minimum Gasteiger partial charge on any atom is -0.496 e. The summed E-state index contributed by atoms with van der Waals surface area (Å²) in [4.78, 5) is 22.7. The van der Waals surface area contributed by atoms with Crippen LogP contribution in [0.4, 0.5) is 0 Å². The van der Waals surface area contributed by atoms with Gasteiger partial charge in [-0.05, 0) is 44.7 Å². The quantitative estimate of drug-likeness (QED) is 0.757. The molecule has 3 rings (SSSR count).